The van der Waals surface area contributed by atoms with Gasteiger partial charge in [-0.3, -0.25) is 10.4 Å². The third-order valence-corrected chi connectivity index (χ3v) is 5.41. The molecule has 1 atom stereocenters. The van der Waals surface area contributed by atoms with Crippen LogP contribution in [0.4, 0.5) is 4.39 Å². The summed E-state index contributed by atoms with van der Waals surface area (Å²) < 4.78 is 15.5. The Balaban J connectivity index is 1.61. The van der Waals surface area contributed by atoms with E-state index in [0.29, 0.717) is 6.04 Å². The molecule has 1 fully saturated rings. The van der Waals surface area contributed by atoms with Crippen molar-refractivity contribution in [2.75, 3.05) is 0 Å². The fraction of sp³-hybridized carbons (Fsp3) is 0.400. The van der Waals surface area contributed by atoms with Gasteiger partial charge >= 0.3 is 0 Å². The minimum atomic E-state index is -0.345. The third kappa shape index (κ3) is 2.65. The molecular weight excluding hydrogens is 329 g/mol. The third-order valence-electron chi connectivity index (χ3n) is 5.41. The number of rotatable bonds is 3. The molecule has 2 aliphatic heterocycles. The van der Waals surface area contributed by atoms with E-state index in [4.69, 9.17) is 15.8 Å². The normalized spacial score (nSPS) is 22.3. The molecule has 0 saturated heterocycles. The number of benzene rings is 1. The molecule has 5 rings (SSSR count). The number of nitrogens with two attached hydrogens (primary N) is 1. The number of hydrogen-bond donors (Lipinski definition) is 1. The molecule has 1 aromatic carbocycles. The van der Waals surface area contributed by atoms with Crippen molar-refractivity contribution >= 4 is 5.71 Å². The highest BCUT2D eigenvalue weighted by Crippen LogP contribution is 2.33. The lowest BCUT2D eigenvalue weighted by molar-refractivity contribution is 0.276. The van der Waals surface area contributed by atoms with Crippen LogP contribution >= 0.6 is 0 Å². The van der Waals surface area contributed by atoms with E-state index in [2.05, 4.69) is 21.9 Å². The summed E-state index contributed by atoms with van der Waals surface area (Å²) in [7, 11) is 0. The van der Waals surface area contributed by atoms with Gasteiger partial charge in [0.1, 0.15) is 11.5 Å². The Hall–Kier alpha value is -2.47. The van der Waals surface area contributed by atoms with Crippen LogP contribution in [-0.2, 0) is 13.0 Å². The highest BCUT2D eigenvalue weighted by Gasteiger charge is 2.33. The molecule has 1 unspecified atom stereocenters. The number of aryl methyl sites for hydroxylation is 1. The molecule has 26 heavy (non-hydrogen) atoms. The highest BCUT2D eigenvalue weighted by molar-refractivity contribution is 6.13. The summed E-state index contributed by atoms with van der Waals surface area (Å²) in [6.45, 7) is 0.917. The van der Waals surface area contributed by atoms with Crippen LogP contribution in [0.15, 0.2) is 41.5 Å². The summed E-state index contributed by atoms with van der Waals surface area (Å²) in [4.78, 5) is 6.92. The molecule has 0 spiro atoms. The highest BCUT2D eigenvalue weighted by atomic mass is 19.1. The predicted molar refractivity (Wildman–Crippen MR) is 99.1 cm³/mol. The van der Waals surface area contributed by atoms with Crippen molar-refractivity contribution in [1.29, 1.82) is 0 Å². The predicted octanol–water partition coefficient (Wildman–Crippen LogP) is 3.05. The zero-order valence-corrected chi connectivity index (χ0v) is 14.6. The van der Waals surface area contributed by atoms with Gasteiger partial charge in [-0.15, -0.1) is 0 Å². The maximum Gasteiger partial charge on any atom is 0.174 e. The number of fused-ring (bicyclic) bond motifs is 1. The van der Waals surface area contributed by atoms with Crippen molar-refractivity contribution in [3.8, 4) is 11.3 Å². The zero-order chi connectivity index (χ0) is 17.7. The Labute approximate surface area is 152 Å². The van der Waals surface area contributed by atoms with Crippen molar-refractivity contribution in [1.82, 2.24) is 14.7 Å². The first-order valence-electron chi connectivity index (χ1n) is 9.36. The standard InChI is InChI=1S/C20H22FN5/c21-14-6-4-13(5-7-14)19-18(17-3-1-2-11-26(17)24-19)16-10-12-25(15-8-9-15)20(22)23-16/h4-7,10,12,15,20H,1-3,8-9,11,22H2. The van der Waals surface area contributed by atoms with E-state index >= 15 is 0 Å². The monoisotopic (exact) mass is 351 g/mol. The van der Waals surface area contributed by atoms with Crippen molar-refractivity contribution in [2.24, 2.45) is 10.7 Å². The second kappa shape index (κ2) is 6.06. The van der Waals surface area contributed by atoms with Crippen LogP contribution in [0.1, 0.15) is 36.9 Å². The molecule has 134 valence electrons. The van der Waals surface area contributed by atoms with Gasteiger partial charge in [0.2, 0.25) is 0 Å². The van der Waals surface area contributed by atoms with Crippen LogP contribution in [0.3, 0.4) is 0 Å². The summed E-state index contributed by atoms with van der Waals surface area (Å²) in [6, 6.07) is 7.07. The van der Waals surface area contributed by atoms with Crippen molar-refractivity contribution in [2.45, 2.75) is 51.0 Å². The first kappa shape index (κ1) is 15.8. The van der Waals surface area contributed by atoms with Crippen LogP contribution in [0.25, 0.3) is 11.3 Å². The van der Waals surface area contributed by atoms with E-state index in [9.17, 15) is 4.39 Å². The van der Waals surface area contributed by atoms with Crippen molar-refractivity contribution in [3.63, 3.8) is 0 Å². The van der Waals surface area contributed by atoms with Crippen LogP contribution in [0.2, 0.25) is 0 Å². The number of aliphatic imine (C=N–C) groups is 1. The Bertz CT molecular complexity index is 892. The van der Waals surface area contributed by atoms with E-state index in [1.807, 2.05) is 0 Å². The smallest absolute Gasteiger partial charge is 0.174 e. The molecule has 6 heteroatoms. The quantitative estimate of drug-likeness (QED) is 0.925. The molecular formula is C20H22FN5. The number of hydrogen-bond acceptors (Lipinski definition) is 4. The molecule has 3 heterocycles. The van der Waals surface area contributed by atoms with E-state index in [1.54, 1.807) is 12.1 Å². The maximum absolute atomic E-state index is 13.4. The SMILES string of the molecule is NC1N=C(c2c(-c3ccc(F)cc3)nn3c2CCCC3)C=CN1C1CC1. The van der Waals surface area contributed by atoms with Crippen LogP contribution in [-0.4, -0.2) is 32.7 Å². The second-order valence-electron chi connectivity index (χ2n) is 7.28. The van der Waals surface area contributed by atoms with Gasteiger partial charge < -0.3 is 4.90 Å². The summed E-state index contributed by atoms with van der Waals surface area (Å²) >= 11 is 0. The Morgan fingerprint density at radius 2 is 1.92 bits per heavy atom. The van der Waals surface area contributed by atoms with Gasteiger partial charge in [0, 0.05) is 35.6 Å². The molecule has 2 N–H and O–H groups in total. The Morgan fingerprint density at radius 3 is 2.65 bits per heavy atom. The minimum absolute atomic E-state index is 0.240. The molecule has 3 aliphatic rings. The number of halogens is 1. The fourth-order valence-corrected chi connectivity index (χ4v) is 3.92. The summed E-state index contributed by atoms with van der Waals surface area (Å²) in [5.74, 6) is -0.240. The molecule has 1 aliphatic carbocycles. The molecule has 2 aromatic rings. The van der Waals surface area contributed by atoms with Gasteiger partial charge in [-0.05, 0) is 62.4 Å². The Kier molecular flexibility index (Phi) is 3.67. The van der Waals surface area contributed by atoms with Gasteiger partial charge in [-0.1, -0.05) is 0 Å². The molecule has 5 nitrogen and oxygen atoms in total. The van der Waals surface area contributed by atoms with Gasteiger partial charge in [-0.25, -0.2) is 9.38 Å². The fourth-order valence-electron chi connectivity index (χ4n) is 3.92. The first-order chi connectivity index (χ1) is 12.7. The average Bonchev–Trinajstić information content (AvgIpc) is 3.42. The van der Waals surface area contributed by atoms with Gasteiger partial charge in [0.05, 0.1) is 5.71 Å². The summed E-state index contributed by atoms with van der Waals surface area (Å²) in [5, 5.41) is 4.84. The lowest BCUT2D eigenvalue weighted by Crippen LogP contribution is -2.41. The zero-order valence-electron chi connectivity index (χ0n) is 14.6. The van der Waals surface area contributed by atoms with E-state index in [-0.39, 0.29) is 12.1 Å². The molecule has 0 amide bonds. The second-order valence-corrected chi connectivity index (χ2v) is 7.28. The topological polar surface area (TPSA) is 59.4 Å². The van der Waals surface area contributed by atoms with Gasteiger partial charge in [0.25, 0.3) is 0 Å². The maximum atomic E-state index is 13.4. The average molecular weight is 351 g/mol. The van der Waals surface area contributed by atoms with Crippen LogP contribution in [0.5, 0.6) is 0 Å². The number of nitrogens with zero attached hydrogens (tertiary/aromatic N) is 4. The summed E-state index contributed by atoms with van der Waals surface area (Å²) in [5.41, 5.74) is 11.3. The lowest BCUT2D eigenvalue weighted by atomic mass is 9.97. The van der Waals surface area contributed by atoms with Gasteiger partial charge in [-0.2, -0.15) is 5.10 Å². The van der Waals surface area contributed by atoms with Crippen molar-refractivity contribution < 1.29 is 4.39 Å². The first-order valence-corrected chi connectivity index (χ1v) is 9.36. The van der Waals surface area contributed by atoms with Gasteiger partial charge in [0.15, 0.2) is 6.29 Å². The number of allylic oxidation sites excluding steroid dienone is 1. The van der Waals surface area contributed by atoms with Crippen molar-refractivity contribution in [3.05, 3.63) is 53.6 Å². The molecule has 0 bridgehead atoms. The molecule has 1 aromatic heterocycles. The number of aromatic nitrogens is 2. The summed E-state index contributed by atoms with van der Waals surface area (Å²) in [6.07, 6.45) is 9.43. The minimum Gasteiger partial charge on any atom is -0.341 e. The largest absolute Gasteiger partial charge is 0.341 e. The van der Waals surface area contributed by atoms with E-state index in [0.717, 1.165) is 48.3 Å². The molecule has 1 saturated carbocycles. The lowest BCUT2D eigenvalue weighted by Gasteiger charge is -2.28. The van der Waals surface area contributed by atoms with Crippen LogP contribution in [0, 0.1) is 5.82 Å². The van der Waals surface area contributed by atoms with E-state index in [1.165, 1.54) is 30.7 Å². The van der Waals surface area contributed by atoms with Crippen LogP contribution < -0.4 is 5.73 Å². The molecule has 0 radical (unpaired) electrons. The van der Waals surface area contributed by atoms with E-state index < -0.39 is 0 Å². The Morgan fingerprint density at radius 1 is 1.12 bits per heavy atom.